The molecule has 0 saturated carbocycles. The number of aromatic nitrogens is 1. The van der Waals surface area contributed by atoms with Crippen LogP contribution in [0.1, 0.15) is 49.2 Å². The Morgan fingerprint density at radius 3 is 2.57 bits per heavy atom. The summed E-state index contributed by atoms with van der Waals surface area (Å²) in [5, 5.41) is 16.6. The van der Waals surface area contributed by atoms with E-state index in [1.807, 2.05) is 13.8 Å². The van der Waals surface area contributed by atoms with Crippen molar-refractivity contribution in [1.82, 2.24) is 15.6 Å². The van der Waals surface area contributed by atoms with Crippen LogP contribution in [0, 0.1) is 19.8 Å². The zero-order chi connectivity index (χ0) is 16.0. The van der Waals surface area contributed by atoms with E-state index in [1.165, 1.54) is 4.88 Å². The smallest absolute Gasteiger partial charge is 0.315 e. The first-order valence-electron chi connectivity index (χ1n) is 7.36. The van der Waals surface area contributed by atoms with Gasteiger partial charge in [-0.25, -0.2) is 9.78 Å². The van der Waals surface area contributed by atoms with Crippen LogP contribution in [-0.2, 0) is 6.54 Å². The molecule has 2 amide bonds. The van der Waals surface area contributed by atoms with Gasteiger partial charge in [-0.3, -0.25) is 0 Å². The van der Waals surface area contributed by atoms with Crippen LogP contribution in [0.3, 0.4) is 0 Å². The van der Waals surface area contributed by atoms with Gasteiger partial charge in [0.25, 0.3) is 0 Å². The first-order valence-corrected chi connectivity index (χ1v) is 8.18. The number of rotatable bonds is 7. The van der Waals surface area contributed by atoms with Gasteiger partial charge in [-0.2, -0.15) is 0 Å². The molecule has 0 spiro atoms. The predicted molar refractivity (Wildman–Crippen MR) is 86.5 cm³/mol. The maximum absolute atomic E-state index is 11.7. The number of nitrogens with zero attached hydrogens (tertiary/aromatic N) is 1. The Hall–Kier alpha value is -1.14. The number of thiazole rings is 1. The van der Waals surface area contributed by atoms with Crippen molar-refractivity contribution in [3.8, 4) is 0 Å². The molecular weight excluding hydrogens is 286 g/mol. The maximum atomic E-state index is 11.7. The zero-order valence-corrected chi connectivity index (χ0v) is 14.4. The first-order chi connectivity index (χ1) is 9.69. The number of carbonyl (C=O) groups is 1. The summed E-state index contributed by atoms with van der Waals surface area (Å²) in [4.78, 5) is 17.3. The SMILES string of the molecule is Cc1nc(CNC(=O)NCC(C)(O)CCC(C)C)sc1C. The molecule has 1 heterocycles. The number of amides is 2. The number of nitrogens with one attached hydrogen (secondary N) is 2. The molecule has 1 rings (SSSR count). The lowest BCUT2D eigenvalue weighted by Gasteiger charge is -2.24. The molecule has 0 aliphatic heterocycles. The molecule has 1 aromatic rings. The highest BCUT2D eigenvalue weighted by atomic mass is 32.1. The second kappa shape index (κ2) is 7.75. The molecular formula is C15H27N3O2S. The number of hydrogen-bond acceptors (Lipinski definition) is 4. The van der Waals surface area contributed by atoms with Crippen molar-refractivity contribution in [2.45, 2.75) is 59.6 Å². The molecule has 0 saturated heterocycles. The molecule has 0 bridgehead atoms. The third kappa shape index (κ3) is 6.91. The van der Waals surface area contributed by atoms with Gasteiger partial charge in [0.15, 0.2) is 0 Å². The maximum Gasteiger partial charge on any atom is 0.315 e. The van der Waals surface area contributed by atoms with Gasteiger partial charge in [0, 0.05) is 11.4 Å². The second-order valence-electron chi connectivity index (χ2n) is 6.21. The summed E-state index contributed by atoms with van der Waals surface area (Å²) >= 11 is 1.59. The highest BCUT2D eigenvalue weighted by Gasteiger charge is 2.21. The lowest BCUT2D eigenvalue weighted by atomic mass is 9.95. The van der Waals surface area contributed by atoms with E-state index in [9.17, 15) is 9.90 Å². The van der Waals surface area contributed by atoms with Gasteiger partial charge in [0.2, 0.25) is 0 Å². The molecule has 0 aromatic carbocycles. The number of hydrogen-bond donors (Lipinski definition) is 3. The first kappa shape index (κ1) is 17.9. The van der Waals surface area contributed by atoms with E-state index in [0.717, 1.165) is 17.1 Å². The third-order valence-electron chi connectivity index (χ3n) is 3.36. The van der Waals surface area contributed by atoms with E-state index in [0.29, 0.717) is 18.9 Å². The Morgan fingerprint density at radius 2 is 2.05 bits per heavy atom. The Bertz CT molecular complexity index is 450. The average molecular weight is 313 g/mol. The quantitative estimate of drug-likeness (QED) is 0.724. The summed E-state index contributed by atoms with van der Waals surface area (Å²) in [6.45, 7) is 10.6. The van der Waals surface area contributed by atoms with Gasteiger partial charge in [0.1, 0.15) is 5.01 Å². The average Bonchev–Trinajstić information content (AvgIpc) is 2.71. The van der Waals surface area contributed by atoms with Crippen LogP contribution >= 0.6 is 11.3 Å². The Morgan fingerprint density at radius 1 is 1.38 bits per heavy atom. The van der Waals surface area contributed by atoms with E-state index >= 15 is 0 Å². The van der Waals surface area contributed by atoms with Crippen molar-refractivity contribution in [3.63, 3.8) is 0 Å². The number of carbonyl (C=O) groups excluding carboxylic acids is 1. The summed E-state index contributed by atoms with van der Waals surface area (Å²) in [7, 11) is 0. The highest BCUT2D eigenvalue weighted by Crippen LogP contribution is 2.16. The zero-order valence-electron chi connectivity index (χ0n) is 13.6. The van der Waals surface area contributed by atoms with Gasteiger partial charge < -0.3 is 15.7 Å². The van der Waals surface area contributed by atoms with Crippen molar-refractivity contribution in [3.05, 3.63) is 15.6 Å². The van der Waals surface area contributed by atoms with Crippen LogP contribution in [0.2, 0.25) is 0 Å². The van der Waals surface area contributed by atoms with E-state index in [1.54, 1.807) is 18.3 Å². The highest BCUT2D eigenvalue weighted by molar-refractivity contribution is 7.11. The van der Waals surface area contributed by atoms with E-state index < -0.39 is 5.60 Å². The Kier molecular flexibility index (Phi) is 6.61. The summed E-state index contributed by atoms with van der Waals surface area (Å²) in [5.41, 5.74) is 0.143. The van der Waals surface area contributed by atoms with Gasteiger partial charge in [-0.05, 0) is 39.5 Å². The fourth-order valence-corrected chi connectivity index (χ4v) is 2.67. The van der Waals surface area contributed by atoms with Gasteiger partial charge >= 0.3 is 6.03 Å². The molecule has 0 aliphatic carbocycles. The van der Waals surface area contributed by atoms with Crippen LogP contribution in [0.4, 0.5) is 4.79 Å². The van der Waals surface area contributed by atoms with Crippen LogP contribution < -0.4 is 10.6 Å². The fraction of sp³-hybridized carbons (Fsp3) is 0.733. The summed E-state index contributed by atoms with van der Waals surface area (Å²) in [5.74, 6) is 0.543. The molecule has 5 nitrogen and oxygen atoms in total. The molecule has 0 radical (unpaired) electrons. The minimum atomic E-state index is -0.865. The number of aryl methyl sites for hydroxylation is 2. The summed E-state index contributed by atoms with van der Waals surface area (Å²) < 4.78 is 0. The van der Waals surface area contributed by atoms with Gasteiger partial charge in [-0.1, -0.05) is 13.8 Å². The Balaban J connectivity index is 2.30. The fourth-order valence-electron chi connectivity index (χ4n) is 1.79. The molecule has 120 valence electrons. The van der Waals surface area contributed by atoms with Crippen molar-refractivity contribution >= 4 is 17.4 Å². The van der Waals surface area contributed by atoms with Gasteiger partial charge in [0.05, 0.1) is 17.8 Å². The molecule has 1 unspecified atom stereocenters. The molecule has 21 heavy (non-hydrogen) atoms. The topological polar surface area (TPSA) is 74.2 Å². The van der Waals surface area contributed by atoms with Crippen LogP contribution in [0.5, 0.6) is 0 Å². The number of urea groups is 1. The van der Waals surface area contributed by atoms with Crippen molar-refractivity contribution < 1.29 is 9.90 Å². The minimum absolute atomic E-state index is 0.251. The summed E-state index contributed by atoms with van der Waals surface area (Å²) in [6.07, 6.45) is 1.61. The predicted octanol–water partition coefficient (Wildman–Crippen LogP) is 2.75. The molecule has 0 aliphatic rings. The van der Waals surface area contributed by atoms with E-state index in [-0.39, 0.29) is 12.6 Å². The van der Waals surface area contributed by atoms with Crippen molar-refractivity contribution in [2.75, 3.05) is 6.54 Å². The second-order valence-corrected chi connectivity index (χ2v) is 7.50. The largest absolute Gasteiger partial charge is 0.388 e. The standard InChI is InChI=1S/C15H27N3O2S/c1-10(2)6-7-15(5,20)9-17-14(19)16-8-13-18-11(3)12(4)21-13/h10,20H,6-9H2,1-5H3,(H2,16,17,19). The van der Waals surface area contributed by atoms with Crippen LogP contribution in [0.25, 0.3) is 0 Å². The van der Waals surface area contributed by atoms with E-state index in [2.05, 4.69) is 29.5 Å². The van der Waals surface area contributed by atoms with Crippen LogP contribution in [-0.4, -0.2) is 28.3 Å². The molecule has 6 heteroatoms. The lowest BCUT2D eigenvalue weighted by molar-refractivity contribution is 0.0476. The Labute approximate surface area is 131 Å². The van der Waals surface area contributed by atoms with Crippen molar-refractivity contribution in [2.24, 2.45) is 5.92 Å². The monoisotopic (exact) mass is 313 g/mol. The summed E-state index contributed by atoms with van der Waals surface area (Å²) in [6, 6.07) is -0.273. The van der Waals surface area contributed by atoms with E-state index in [4.69, 9.17) is 0 Å². The minimum Gasteiger partial charge on any atom is -0.388 e. The van der Waals surface area contributed by atoms with Crippen LogP contribution in [0.15, 0.2) is 0 Å². The number of aliphatic hydroxyl groups is 1. The molecule has 3 N–H and O–H groups in total. The lowest BCUT2D eigenvalue weighted by Crippen LogP contribution is -2.44. The molecule has 1 atom stereocenters. The molecule has 0 fully saturated rings. The van der Waals surface area contributed by atoms with Crippen molar-refractivity contribution in [1.29, 1.82) is 0 Å². The molecule has 1 aromatic heterocycles. The van der Waals surface area contributed by atoms with Gasteiger partial charge in [-0.15, -0.1) is 11.3 Å². The third-order valence-corrected chi connectivity index (χ3v) is 4.44. The normalized spacial score (nSPS) is 14.0.